The van der Waals surface area contributed by atoms with Crippen molar-refractivity contribution in [2.24, 2.45) is 5.73 Å². The highest BCUT2D eigenvalue weighted by molar-refractivity contribution is 5.27. The van der Waals surface area contributed by atoms with Crippen LogP contribution in [0.2, 0.25) is 0 Å². The molecule has 0 saturated heterocycles. The maximum atomic E-state index is 6.04. The fourth-order valence-electron chi connectivity index (χ4n) is 1.61. The van der Waals surface area contributed by atoms with E-state index in [0.717, 1.165) is 6.42 Å². The molecule has 18 heavy (non-hydrogen) atoms. The Balaban J connectivity index is 2.50. The van der Waals surface area contributed by atoms with Crippen LogP contribution in [-0.2, 0) is 16.8 Å². The molecule has 0 amide bonds. The van der Waals surface area contributed by atoms with Crippen molar-refractivity contribution in [1.82, 2.24) is 0 Å². The second-order valence-corrected chi connectivity index (χ2v) is 6.45. The zero-order valence-corrected chi connectivity index (χ0v) is 12.4. The monoisotopic (exact) mass is 249 g/mol. The Kier molecular flexibility index (Phi) is 4.94. The summed E-state index contributed by atoms with van der Waals surface area (Å²) >= 11 is 0. The molecule has 0 aliphatic carbocycles. The van der Waals surface area contributed by atoms with Crippen molar-refractivity contribution in [2.45, 2.75) is 58.6 Å². The van der Waals surface area contributed by atoms with Crippen molar-refractivity contribution in [2.75, 3.05) is 6.61 Å². The lowest BCUT2D eigenvalue weighted by atomic mass is 9.87. The molecule has 1 aromatic rings. The van der Waals surface area contributed by atoms with Gasteiger partial charge in [-0.05, 0) is 29.9 Å². The van der Waals surface area contributed by atoms with Gasteiger partial charge in [0.05, 0.1) is 13.2 Å². The number of benzene rings is 1. The molecule has 0 aromatic heterocycles. The number of hydrogen-bond acceptors (Lipinski definition) is 2. The molecule has 0 aliphatic rings. The molecule has 0 radical (unpaired) electrons. The van der Waals surface area contributed by atoms with Crippen LogP contribution in [0.5, 0.6) is 0 Å². The Morgan fingerprint density at radius 1 is 1.06 bits per heavy atom. The van der Waals surface area contributed by atoms with Gasteiger partial charge >= 0.3 is 0 Å². The van der Waals surface area contributed by atoms with Gasteiger partial charge in [0.1, 0.15) is 0 Å². The number of hydrogen-bond donors (Lipinski definition) is 1. The zero-order chi connectivity index (χ0) is 13.8. The summed E-state index contributed by atoms with van der Waals surface area (Å²) in [5, 5.41) is 0. The second-order valence-electron chi connectivity index (χ2n) is 6.45. The van der Waals surface area contributed by atoms with Gasteiger partial charge in [-0.1, -0.05) is 52.0 Å². The van der Waals surface area contributed by atoms with Crippen molar-refractivity contribution >= 4 is 0 Å². The van der Waals surface area contributed by atoms with Crippen LogP contribution in [0.15, 0.2) is 24.3 Å². The predicted molar refractivity (Wildman–Crippen MR) is 77.7 cm³/mol. The molecule has 102 valence electrons. The first-order valence-electron chi connectivity index (χ1n) is 6.71. The van der Waals surface area contributed by atoms with Crippen LogP contribution < -0.4 is 5.73 Å². The molecule has 1 atom stereocenters. The minimum atomic E-state index is -0.217. The molecule has 2 nitrogen and oxygen atoms in total. The summed E-state index contributed by atoms with van der Waals surface area (Å²) in [6.07, 6.45) is 0.927. The van der Waals surface area contributed by atoms with E-state index in [1.54, 1.807) is 0 Å². The quantitative estimate of drug-likeness (QED) is 0.865. The van der Waals surface area contributed by atoms with Crippen molar-refractivity contribution < 1.29 is 4.74 Å². The smallest absolute Gasteiger partial charge is 0.0717 e. The van der Waals surface area contributed by atoms with E-state index in [1.165, 1.54) is 11.1 Å². The minimum absolute atomic E-state index is 0.206. The van der Waals surface area contributed by atoms with E-state index >= 15 is 0 Å². The normalized spacial score (nSPS) is 15.4. The Bertz CT molecular complexity index is 360. The van der Waals surface area contributed by atoms with Gasteiger partial charge in [0.15, 0.2) is 0 Å². The zero-order valence-electron chi connectivity index (χ0n) is 12.4. The van der Waals surface area contributed by atoms with E-state index in [0.29, 0.717) is 13.2 Å². The first-order valence-corrected chi connectivity index (χ1v) is 6.71. The van der Waals surface area contributed by atoms with Gasteiger partial charge in [-0.3, -0.25) is 0 Å². The van der Waals surface area contributed by atoms with Crippen LogP contribution in [0, 0.1) is 0 Å². The molecule has 0 aliphatic heterocycles. The molecule has 2 heteroatoms. The first-order chi connectivity index (χ1) is 8.24. The van der Waals surface area contributed by atoms with E-state index < -0.39 is 0 Å². The maximum Gasteiger partial charge on any atom is 0.0717 e. The Hall–Kier alpha value is -0.860. The molecule has 0 heterocycles. The van der Waals surface area contributed by atoms with Crippen molar-refractivity contribution in [3.63, 3.8) is 0 Å². The van der Waals surface area contributed by atoms with Crippen LogP contribution in [0.4, 0.5) is 0 Å². The predicted octanol–water partition coefficient (Wildman–Crippen LogP) is 3.63. The van der Waals surface area contributed by atoms with Gasteiger partial charge in [-0.25, -0.2) is 0 Å². The van der Waals surface area contributed by atoms with E-state index in [2.05, 4.69) is 52.0 Å². The van der Waals surface area contributed by atoms with Gasteiger partial charge in [0, 0.05) is 5.54 Å². The van der Waals surface area contributed by atoms with Gasteiger partial charge in [0.2, 0.25) is 0 Å². The van der Waals surface area contributed by atoms with E-state index in [4.69, 9.17) is 10.5 Å². The molecule has 1 aromatic carbocycles. The third-order valence-corrected chi connectivity index (χ3v) is 3.33. The summed E-state index contributed by atoms with van der Waals surface area (Å²) in [4.78, 5) is 0. The van der Waals surface area contributed by atoms with E-state index in [9.17, 15) is 0 Å². The van der Waals surface area contributed by atoms with Crippen LogP contribution in [-0.4, -0.2) is 12.1 Å². The summed E-state index contributed by atoms with van der Waals surface area (Å²) in [6.45, 7) is 12.0. The molecule has 2 N–H and O–H groups in total. The molecule has 0 saturated carbocycles. The number of nitrogens with two attached hydrogens (primary N) is 1. The molecule has 1 rings (SSSR count). The lowest BCUT2D eigenvalue weighted by Gasteiger charge is -2.22. The average Bonchev–Trinajstić information content (AvgIpc) is 2.28. The molecule has 0 spiro atoms. The van der Waals surface area contributed by atoms with Gasteiger partial charge in [-0.2, -0.15) is 0 Å². The van der Waals surface area contributed by atoms with Crippen molar-refractivity contribution in [1.29, 1.82) is 0 Å². The topological polar surface area (TPSA) is 35.2 Å². The van der Waals surface area contributed by atoms with Gasteiger partial charge in [-0.15, -0.1) is 0 Å². The van der Waals surface area contributed by atoms with Crippen molar-refractivity contribution in [3.8, 4) is 0 Å². The lowest BCUT2D eigenvalue weighted by molar-refractivity contribution is 0.0777. The summed E-state index contributed by atoms with van der Waals surface area (Å²) in [5.74, 6) is 0. The first kappa shape index (κ1) is 15.2. The second kappa shape index (κ2) is 5.85. The lowest BCUT2D eigenvalue weighted by Crippen LogP contribution is -2.40. The van der Waals surface area contributed by atoms with E-state index in [1.807, 2.05) is 6.92 Å². The van der Waals surface area contributed by atoms with Crippen LogP contribution in [0.3, 0.4) is 0 Å². The Morgan fingerprint density at radius 2 is 1.61 bits per heavy atom. The number of rotatable bonds is 5. The van der Waals surface area contributed by atoms with Crippen molar-refractivity contribution in [3.05, 3.63) is 35.4 Å². The Morgan fingerprint density at radius 3 is 2.06 bits per heavy atom. The minimum Gasteiger partial charge on any atom is -0.375 e. The van der Waals surface area contributed by atoms with Gasteiger partial charge in [0.25, 0.3) is 0 Å². The van der Waals surface area contributed by atoms with Crippen LogP contribution in [0.25, 0.3) is 0 Å². The summed E-state index contributed by atoms with van der Waals surface area (Å²) in [7, 11) is 0. The summed E-state index contributed by atoms with van der Waals surface area (Å²) < 4.78 is 5.68. The fourth-order valence-corrected chi connectivity index (χ4v) is 1.61. The highest BCUT2D eigenvalue weighted by Gasteiger charge is 2.16. The largest absolute Gasteiger partial charge is 0.375 e. The Labute approximate surface area is 112 Å². The molecule has 0 bridgehead atoms. The van der Waals surface area contributed by atoms with Gasteiger partial charge < -0.3 is 10.5 Å². The molecular formula is C16H27NO. The van der Waals surface area contributed by atoms with Crippen LogP contribution >= 0.6 is 0 Å². The third kappa shape index (κ3) is 4.79. The maximum absolute atomic E-state index is 6.04. The highest BCUT2D eigenvalue weighted by atomic mass is 16.5. The SMILES string of the molecule is CCC(C)(N)COCc1ccc(C(C)(C)C)cc1. The summed E-state index contributed by atoms with van der Waals surface area (Å²) in [5.41, 5.74) is 8.58. The highest BCUT2D eigenvalue weighted by Crippen LogP contribution is 2.22. The van der Waals surface area contributed by atoms with Crippen LogP contribution in [0.1, 0.15) is 52.2 Å². The average molecular weight is 249 g/mol. The third-order valence-electron chi connectivity index (χ3n) is 3.33. The molecule has 1 unspecified atom stereocenters. The molecular weight excluding hydrogens is 222 g/mol. The fraction of sp³-hybridized carbons (Fsp3) is 0.625. The number of ether oxygens (including phenoxy) is 1. The standard InChI is InChI=1S/C16H27NO/c1-6-16(5,17)12-18-11-13-7-9-14(10-8-13)15(2,3)4/h7-10H,6,11-12,17H2,1-5H3. The van der Waals surface area contributed by atoms with E-state index in [-0.39, 0.29) is 11.0 Å². The molecule has 0 fully saturated rings. The summed E-state index contributed by atoms with van der Waals surface area (Å²) in [6, 6.07) is 8.64.